The van der Waals surface area contributed by atoms with Crippen molar-refractivity contribution in [2.75, 3.05) is 13.2 Å². The Morgan fingerprint density at radius 3 is 2.73 bits per heavy atom. The molecule has 5 nitrogen and oxygen atoms in total. The van der Waals surface area contributed by atoms with Gasteiger partial charge in [-0.15, -0.1) is 0 Å². The Morgan fingerprint density at radius 2 is 1.96 bits per heavy atom. The number of aliphatic carboxylic acids is 1. The Labute approximate surface area is 154 Å². The minimum atomic E-state index is -0.955. The van der Waals surface area contributed by atoms with Crippen LogP contribution in [0.2, 0.25) is 0 Å². The lowest BCUT2D eigenvalue weighted by Crippen LogP contribution is -2.53. The molecule has 0 unspecified atom stereocenters. The first-order valence-electron chi connectivity index (χ1n) is 9.93. The first kappa shape index (κ1) is 17.9. The normalized spacial score (nSPS) is 41.9. The molecule has 0 heterocycles. The fourth-order valence-electron chi connectivity index (χ4n) is 6.72. The van der Waals surface area contributed by atoms with Crippen LogP contribution in [0.1, 0.15) is 58.3 Å². The summed E-state index contributed by atoms with van der Waals surface area (Å²) in [5.41, 5.74) is 0.795. The molecule has 0 aromatic carbocycles. The molecule has 1 N–H and O–H groups in total. The fourth-order valence-corrected chi connectivity index (χ4v) is 6.72. The quantitative estimate of drug-likeness (QED) is 0.833. The molecule has 5 atom stereocenters. The summed E-state index contributed by atoms with van der Waals surface area (Å²) in [5, 5.41) is 8.97. The molecular weight excluding hydrogens is 332 g/mol. The van der Waals surface area contributed by atoms with Gasteiger partial charge in [0.15, 0.2) is 5.78 Å². The molecule has 4 rings (SSSR count). The van der Waals surface area contributed by atoms with Crippen LogP contribution in [0.15, 0.2) is 11.6 Å². The number of hydrogen-bond acceptors (Lipinski definition) is 4. The molecule has 3 saturated carbocycles. The minimum absolute atomic E-state index is 0.171. The van der Waals surface area contributed by atoms with Gasteiger partial charge >= 0.3 is 5.97 Å². The topological polar surface area (TPSA) is 80.7 Å². The van der Waals surface area contributed by atoms with Gasteiger partial charge in [-0.25, -0.2) is 4.79 Å². The molecule has 0 spiro atoms. The van der Waals surface area contributed by atoms with E-state index in [1.807, 2.05) is 6.08 Å². The number of Topliss-reactive ketones (excluding diaryl/α,β-unsaturated/α-hetero) is 1. The number of hydrogen-bond donors (Lipinski definition) is 1. The maximum atomic E-state index is 12.5. The standard InChI is InChI=1S/C21H28O5/c1-20-8-7-17-15(16(20)4-5-18(20)23)3-2-13-10-14(22)6-9-21(13,17)12-26-11-19(24)25/h10,15-17H,2-9,11-12H2,1H3,(H,24,25)/t15-,16-,17-,20-,21+/m0/s1. The van der Waals surface area contributed by atoms with E-state index in [9.17, 15) is 14.4 Å². The Morgan fingerprint density at radius 1 is 1.15 bits per heavy atom. The van der Waals surface area contributed by atoms with Gasteiger partial charge in [0.2, 0.25) is 0 Å². The predicted octanol–water partition coefficient (Wildman–Crippen LogP) is 3.17. The van der Waals surface area contributed by atoms with Crippen molar-refractivity contribution in [1.29, 1.82) is 0 Å². The van der Waals surface area contributed by atoms with Gasteiger partial charge < -0.3 is 9.84 Å². The van der Waals surface area contributed by atoms with Gasteiger partial charge in [0, 0.05) is 23.7 Å². The van der Waals surface area contributed by atoms with Gasteiger partial charge in [-0.05, 0) is 62.4 Å². The van der Waals surface area contributed by atoms with E-state index in [0.29, 0.717) is 43.0 Å². The number of fused-ring (bicyclic) bond motifs is 5. The summed E-state index contributed by atoms with van der Waals surface area (Å²) >= 11 is 0. The lowest BCUT2D eigenvalue weighted by Gasteiger charge is -2.57. The monoisotopic (exact) mass is 360 g/mol. The third-order valence-electron chi connectivity index (χ3n) is 7.98. The van der Waals surface area contributed by atoms with Crippen LogP contribution in [-0.4, -0.2) is 35.9 Å². The van der Waals surface area contributed by atoms with E-state index in [0.717, 1.165) is 38.5 Å². The van der Waals surface area contributed by atoms with Gasteiger partial charge in [-0.1, -0.05) is 12.5 Å². The maximum absolute atomic E-state index is 12.5. The zero-order valence-electron chi connectivity index (χ0n) is 15.5. The Hall–Kier alpha value is -1.49. The van der Waals surface area contributed by atoms with E-state index >= 15 is 0 Å². The molecule has 5 heteroatoms. The molecule has 3 fully saturated rings. The first-order chi connectivity index (χ1) is 12.4. The largest absolute Gasteiger partial charge is 0.480 e. The SMILES string of the molecule is C[C@]12CC[C@H]3[C@@H](CCC4=CC(=O)CC[C@@]43COCC(=O)O)[C@@H]1CCC2=O. The molecule has 26 heavy (non-hydrogen) atoms. The van der Waals surface area contributed by atoms with Crippen LogP contribution in [0, 0.1) is 28.6 Å². The molecule has 0 radical (unpaired) electrons. The molecule has 142 valence electrons. The van der Waals surface area contributed by atoms with Crippen LogP contribution in [0.3, 0.4) is 0 Å². The zero-order valence-corrected chi connectivity index (χ0v) is 15.5. The van der Waals surface area contributed by atoms with Crippen LogP contribution < -0.4 is 0 Å². The lowest BCUT2D eigenvalue weighted by molar-refractivity contribution is -0.147. The van der Waals surface area contributed by atoms with Crippen LogP contribution in [0.5, 0.6) is 0 Å². The molecule has 0 aliphatic heterocycles. The summed E-state index contributed by atoms with van der Waals surface area (Å²) < 4.78 is 5.62. The van der Waals surface area contributed by atoms with Crippen molar-refractivity contribution in [3.63, 3.8) is 0 Å². The fraction of sp³-hybridized carbons (Fsp3) is 0.762. The van der Waals surface area contributed by atoms with Gasteiger partial charge in [-0.2, -0.15) is 0 Å². The molecule has 0 amide bonds. The average Bonchev–Trinajstić information content (AvgIpc) is 2.90. The zero-order chi connectivity index (χ0) is 18.5. The number of carbonyl (C=O) groups is 3. The maximum Gasteiger partial charge on any atom is 0.329 e. The Bertz CT molecular complexity index is 680. The van der Waals surface area contributed by atoms with E-state index < -0.39 is 5.97 Å². The summed E-state index contributed by atoms with van der Waals surface area (Å²) in [6.07, 6.45) is 8.60. The molecule has 4 aliphatic carbocycles. The second kappa shape index (κ2) is 6.29. The van der Waals surface area contributed by atoms with E-state index in [-0.39, 0.29) is 23.2 Å². The summed E-state index contributed by atoms with van der Waals surface area (Å²) in [5.74, 6) is 0.974. The lowest BCUT2D eigenvalue weighted by atomic mass is 9.47. The summed E-state index contributed by atoms with van der Waals surface area (Å²) in [4.78, 5) is 35.5. The van der Waals surface area contributed by atoms with Crippen molar-refractivity contribution in [2.45, 2.75) is 58.3 Å². The third kappa shape index (κ3) is 2.58. The third-order valence-corrected chi connectivity index (χ3v) is 7.98. The predicted molar refractivity (Wildman–Crippen MR) is 94.5 cm³/mol. The van der Waals surface area contributed by atoms with Crippen molar-refractivity contribution >= 4 is 17.5 Å². The van der Waals surface area contributed by atoms with Crippen LogP contribution in [0.4, 0.5) is 0 Å². The number of carboxylic acids is 1. The summed E-state index contributed by atoms with van der Waals surface area (Å²) in [6.45, 7) is 2.25. The van der Waals surface area contributed by atoms with Gasteiger partial charge in [-0.3, -0.25) is 9.59 Å². The highest BCUT2D eigenvalue weighted by atomic mass is 16.5. The molecule has 0 aromatic heterocycles. The minimum Gasteiger partial charge on any atom is -0.480 e. The van der Waals surface area contributed by atoms with Crippen LogP contribution >= 0.6 is 0 Å². The second-order valence-corrected chi connectivity index (χ2v) is 9.01. The molecule has 0 aromatic rings. The van der Waals surface area contributed by atoms with E-state index in [1.54, 1.807) is 0 Å². The van der Waals surface area contributed by atoms with Gasteiger partial charge in [0.05, 0.1) is 6.61 Å². The Balaban J connectivity index is 1.66. The second-order valence-electron chi connectivity index (χ2n) is 9.01. The van der Waals surface area contributed by atoms with Crippen molar-refractivity contribution in [3.8, 4) is 0 Å². The smallest absolute Gasteiger partial charge is 0.329 e. The highest BCUT2D eigenvalue weighted by Crippen LogP contribution is 2.64. The van der Waals surface area contributed by atoms with Gasteiger partial charge in [0.1, 0.15) is 12.4 Å². The molecular formula is C21H28O5. The van der Waals surface area contributed by atoms with E-state index in [2.05, 4.69) is 6.92 Å². The molecule has 0 saturated heterocycles. The van der Waals surface area contributed by atoms with Crippen LogP contribution in [-0.2, 0) is 19.1 Å². The van der Waals surface area contributed by atoms with Crippen LogP contribution in [0.25, 0.3) is 0 Å². The number of rotatable bonds is 4. The van der Waals surface area contributed by atoms with E-state index in [1.165, 1.54) is 5.57 Å². The van der Waals surface area contributed by atoms with Crippen molar-refractivity contribution in [2.24, 2.45) is 28.6 Å². The Kier molecular flexibility index (Phi) is 4.33. The highest BCUT2D eigenvalue weighted by molar-refractivity contribution is 5.91. The van der Waals surface area contributed by atoms with Crippen molar-refractivity contribution < 1.29 is 24.2 Å². The molecule has 4 aliphatic rings. The number of carboxylic acid groups (broad SMARTS) is 1. The number of ether oxygens (including phenoxy) is 1. The first-order valence-corrected chi connectivity index (χ1v) is 9.93. The van der Waals surface area contributed by atoms with Crippen molar-refractivity contribution in [3.05, 3.63) is 11.6 Å². The van der Waals surface area contributed by atoms with Crippen molar-refractivity contribution in [1.82, 2.24) is 0 Å². The summed E-state index contributed by atoms with van der Waals surface area (Å²) in [7, 11) is 0. The summed E-state index contributed by atoms with van der Waals surface area (Å²) in [6, 6.07) is 0. The van der Waals surface area contributed by atoms with E-state index in [4.69, 9.17) is 9.84 Å². The highest BCUT2D eigenvalue weighted by Gasteiger charge is 2.60. The van der Waals surface area contributed by atoms with Gasteiger partial charge in [0.25, 0.3) is 0 Å². The average molecular weight is 360 g/mol. The number of carbonyl (C=O) groups excluding carboxylic acids is 2. The molecule has 0 bridgehead atoms. The number of ketones is 2.